The Bertz CT molecular complexity index is 195. The van der Waals surface area contributed by atoms with Crippen molar-refractivity contribution in [3.63, 3.8) is 0 Å². The maximum atomic E-state index is 10.2. The average molecular weight is 211 g/mol. The van der Waals surface area contributed by atoms with Gasteiger partial charge in [0, 0.05) is 12.6 Å². The molecule has 0 aromatic carbocycles. The number of nitrogens with one attached hydrogen (secondary N) is 1. The van der Waals surface area contributed by atoms with E-state index in [1.54, 1.807) is 0 Å². The van der Waals surface area contributed by atoms with Crippen LogP contribution in [0.15, 0.2) is 0 Å². The number of rotatable bonds is 6. The van der Waals surface area contributed by atoms with Crippen LogP contribution in [-0.2, 0) is 0 Å². The van der Waals surface area contributed by atoms with Crippen LogP contribution in [0.4, 0.5) is 0 Å². The first-order valence-corrected chi connectivity index (χ1v) is 6.67. The second kappa shape index (κ2) is 4.84. The van der Waals surface area contributed by atoms with Crippen LogP contribution in [-0.4, -0.2) is 23.3 Å². The second-order valence-corrected chi connectivity index (χ2v) is 5.60. The molecule has 2 fully saturated rings. The number of hydrogen-bond acceptors (Lipinski definition) is 2. The second-order valence-electron chi connectivity index (χ2n) is 5.60. The largest absolute Gasteiger partial charge is 0.389 e. The van der Waals surface area contributed by atoms with Crippen molar-refractivity contribution in [3.05, 3.63) is 0 Å². The highest BCUT2D eigenvalue weighted by molar-refractivity contribution is 4.88. The van der Waals surface area contributed by atoms with E-state index in [0.29, 0.717) is 6.04 Å². The quantitative estimate of drug-likeness (QED) is 0.707. The third-order valence-electron chi connectivity index (χ3n) is 4.06. The Labute approximate surface area is 93.5 Å². The molecule has 2 nitrogen and oxygen atoms in total. The van der Waals surface area contributed by atoms with Crippen LogP contribution in [0.2, 0.25) is 0 Å². The normalized spacial score (nSPS) is 26.8. The molecule has 15 heavy (non-hydrogen) atoms. The van der Waals surface area contributed by atoms with E-state index >= 15 is 0 Å². The first-order valence-electron chi connectivity index (χ1n) is 6.67. The third-order valence-corrected chi connectivity index (χ3v) is 4.06. The van der Waals surface area contributed by atoms with Gasteiger partial charge in [-0.25, -0.2) is 0 Å². The van der Waals surface area contributed by atoms with Crippen molar-refractivity contribution in [1.29, 1.82) is 0 Å². The highest BCUT2D eigenvalue weighted by Gasteiger charge is 2.32. The predicted molar refractivity (Wildman–Crippen MR) is 62.8 cm³/mol. The summed E-state index contributed by atoms with van der Waals surface area (Å²) < 4.78 is 0. The van der Waals surface area contributed by atoms with E-state index in [9.17, 15) is 5.11 Å². The molecule has 88 valence electrons. The van der Waals surface area contributed by atoms with Crippen LogP contribution in [0.3, 0.4) is 0 Å². The van der Waals surface area contributed by atoms with Crippen molar-refractivity contribution in [2.24, 2.45) is 5.92 Å². The molecular weight excluding hydrogens is 186 g/mol. The van der Waals surface area contributed by atoms with Gasteiger partial charge >= 0.3 is 0 Å². The summed E-state index contributed by atoms with van der Waals surface area (Å²) in [6.45, 7) is 3.07. The topological polar surface area (TPSA) is 32.3 Å². The van der Waals surface area contributed by atoms with E-state index in [1.807, 2.05) is 0 Å². The Morgan fingerprint density at radius 2 is 2.00 bits per heavy atom. The van der Waals surface area contributed by atoms with Crippen molar-refractivity contribution in [2.45, 2.75) is 69.9 Å². The van der Waals surface area contributed by atoms with Gasteiger partial charge in [-0.1, -0.05) is 32.6 Å². The molecule has 0 saturated heterocycles. The zero-order chi connectivity index (χ0) is 10.7. The van der Waals surface area contributed by atoms with Gasteiger partial charge in [0.15, 0.2) is 0 Å². The molecule has 0 radical (unpaired) electrons. The summed E-state index contributed by atoms with van der Waals surface area (Å²) in [5.74, 6) is 0.987. The van der Waals surface area contributed by atoms with Crippen LogP contribution >= 0.6 is 0 Å². The van der Waals surface area contributed by atoms with Gasteiger partial charge in [-0.15, -0.1) is 0 Å². The molecule has 2 N–H and O–H groups in total. The van der Waals surface area contributed by atoms with E-state index in [1.165, 1.54) is 38.5 Å². The highest BCUT2D eigenvalue weighted by Crippen LogP contribution is 2.34. The van der Waals surface area contributed by atoms with Crippen LogP contribution in [0, 0.1) is 5.92 Å². The molecule has 0 spiro atoms. The summed E-state index contributed by atoms with van der Waals surface area (Å²) in [7, 11) is 0. The monoisotopic (exact) mass is 211 g/mol. The Morgan fingerprint density at radius 1 is 1.33 bits per heavy atom. The predicted octanol–water partition coefficient (Wildman–Crippen LogP) is 2.46. The zero-order valence-electron chi connectivity index (χ0n) is 9.97. The lowest BCUT2D eigenvalue weighted by Gasteiger charge is -2.26. The lowest BCUT2D eigenvalue weighted by atomic mass is 10.0. The van der Waals surface area contributed by atoms with Gasteiger partial charge in [0.05, 0.1) is 5.60 Å². The number of hydrogen-bond donors (Lipinski definition) is 2. The summed E-state index contributed by atoms with van der Waals surface area (Å²) in [6.07, 6.45) is 9.80. The molecule has 2 saturated carbocycles. The molecule has 0 amide bonds. The van der Waals surface area contributed by atoms with E-state index < -0.39 is 0 Å². The van der Waals surface area contributed by atoms with E-state index in [-0.39, 0.29) is 5.60 Å². The van der Waals surface area contributed by atoms with Crippen molar-refractivity contribution in [1.82, 2.24) is 5.32 Å². The fourth-order valence-corrected chi connectivity index (χ4v) is 2.69. The van der Waals surface area contributed by atoms with Crippen molar-refractivity contribution in [3.8, 4) is 0 Å². The maximum absolute atomic E-state index is 10.2. The smallest absolute Gasteiger partial charge is 0.0771 e. The van der Waals surface area contributed by atoms with E-state index in [0.717, 1.165) is 25.3 Å². The standard InChI is InChI=1S/C13H25NO/c1-2-12(9-11-5-6-11)14-10-13(15)7-3-4-8-13/h11-12,14-15H,2-10H2,1H3. The number of aliphatic hydroxyl groups is 1. The molecule has 2 rings (SSSR count). The van der Waals surface area contributed by atoms with Crippen LogP contribution in [0.1, 0.15) is 58.3 Å². The lowest BCUT2D eigenvalue weighted by molar-refractivity contribution is 0.0442. The lowest BCUT2D eigenvalue weighted by Crippen LogP contribution is -2.42. The molecule has 0 bridgehead atoms. The van der Waals surface area contributed by atoms with Gasteiger partial charge in [0.25, 0.3) is 0 Å². The summed E-state index contributed by atoms with van der Waals surface area (Å²) in [5.41, 5.74) is -0.378. The van der Waals surface area contributed by atoms with Crippen LogP contribution < -0.4 is 5.32 Å². The van der Waals surface area contributed by atoms with Crippen molar-refractivity contribution in [2.75, 3.05) is 6.54 Å². The molecular formula is C13H25NO. The fraction of sp³-hybridized carbons (Fsp3) is 1.00. The first-order chi connectivity index (χ1) is 7.22. The molecule has 0 aromatic heterocycles. The molecule has 0 aromatic rings. The fourth-order valence-electron chi connectivity index (χ4n) is 2.69. The van der Waals surface area contributed by atoms with Crippen molar-refractivity contribution >= 4 is 0 Å². The van der Waals surface area contributed by atoms with E-state index in [4.69, 9.17) is 0 Å². The molecule has 2 aliphatic carbocycles. The van der Waals surface area contributed by atoms with Gasteiger partial charge in [-0.2, -0.15) is 0 Å². The maximum Gasteiger partial charge on any atom is 0.0771 e. The third kappa shape index (κ3) is 3.46. The molecule has 2 heteroatoms. The summed E-state index contributed by atoms with van der Waals surface area (Å²) in [6, 6.07) is 0.641. The van der Waals surface area contributed by atoms with E-state index in [2.05, 4.69) is 12.2 Å². The van der Waals surface area contributed by atoms with Crippen molar-refractivity contribution < 1.29 is 5.11 Å². The van der Waals surface area contributed by atoms with Crippen LogP contribution in [0.5, 0.6) is 0 Å². The van der Waals surface area contributed by atoms with Gasteiger partial charge in [-0.05, 0) is 31.6 Å². The van der Waals surface area contributed by atoms with Gasteiger partial charge < -0.3 is 10.4 Å². The average Bonchev–Trinajstić information content (AvgIpc) is 2.95. The molecule has 0 heterocycles. The minimum atomic E-state index is -0.378. The summed E-state index contributed by atoms with van der Waals surface area (Å²) in [4.78, 5) is 0. The van der Waals surface area contributed by atoms with Crippen LogP contribution in [0.25, 0.3) is 0 Å². The van der Waals surface area contributed by atoms with Gasteiger partial charge in [0.1, 0.15) is 0 Å². The minimum Gasteiger partial charge on any atom is -0.389 e. The Balaban J connectivity index is 1.69. The SMILES string of the molecule is CCC(CC1CC1)NCC1(O)CCCC1. The Hall–Kier alpha value is -0.0800. The Kier molecular flexibility index (Phi) is 3.68. The molecule has 1 atom stereocenters. The first kappa shape index (κ1) is 11.4. The zero-order valence-corrected chi connectivity index (χ0v) is 9.97. The minimum absolute atomic E-state index is 0.378. The van der Waals surface area contributed by atoms with Gasteiger partial charge in [0.2, 0.25) is 0 Å². The Morgan fingerprint density at radius 3 is 2.53 bits per heavy atom. The molecule has 1 unspecified atom stereocenters. The highest BCUT2D eigenvalue weighted by atomic mass is 16.3. The molecule has 2 aliphatic rings. The summed E-state index contributed by atoms with van der Waals surface area (Å²) in [5, 5.41) is 13.8. The van der Waals surface area contributed by atoms with Gasteiger partial charge in [-0.3, -0.25) is 0 Å². The molecule has 0 aliphatic heterocycles. The summed E-state index contributed by atoms with van der Waals surface area (Å²) >= 11 is 0.